The predicted octanol–water partition coefficient (Wildman–Crippen LogP) is 2.03. The monoisotopic (exact) mass is 211 g/mol. The van der Waals surface area contributed by atoms with E-state index in [0.29, 0.717) is 18.0 Å². The highest BCUT2D eigenvalue weighted by Crippen LogP contribution is 2.39. The molecule has 0 aliphatic carbocycles. The molecule has 0 saturated carbocycles. The largest absolute Gasteiger partial charge is 0.488 e. The molecule has 1 aliphatic heterocycles. The number of hydrogen-bond donors (Lipinski definition) is 2. The summed E-state index contributed by atoms with van der Waals surface area (Å²) in [6.07, 6.45) is 0. The third-order valence-corrected chi connectivity index (χ3v) is 2.77. The van der Waals surface area contributed by atoms with Crippen molar-refractivity contribution in [3.63, 3.8) is 0 Å². The third kappa shape index (κ3) is 1.03. The number of para-hydroxylation sites is 1. The van der Waals surface area contributed by atoms with Crippen molar-refractivity contribution >= 4 is 5.82 Å². The fourth-order valence-electron chi connectivity index (χ4n) is 2.01. The summed E-state index contributed by atoms with van der Waals surface area (Å²) in [6, 6.07) is 9.80. The summed E-state index contributed by atoms with van der Waals surface area (Å²) in [5.74, 6) is 1.23. The molecule has 2 aromatic rings. The van der Waals surface area contributed by atoms with E-state index in [9.17, 15) is 0 Å². The molecule has 0 atom stereocenters. The number of benzene rings is 1. The van der Waals surface area contributed by atoms with Gasteiger partial charge in [0, 0.05) is 11.1 Å². The maximum absolute atomic E-state index is 9.01. The van der Waals surface area contributed by atoms with E-state index in [2.05, 4.69) is 11.1 Å². The summed E-state index contributed by atoms with van der Waals surface area (Å²) in [6.45, 7) is 0.392. The van der Waals surface area contributed by atoms with Crippen molar-refractivity contribution in [2.24, 2.45) is 0 Å². The van der Waals surface area contributed by atoms with Crippen LogP contribution in [0.15, 0.2) is 24.3 Å². The van der Waals surface area contributed by atoms with E-state index < -0.39 is 0 Å². The fourth-order valence-corrected chi connectivity index (χ4v) is 2.01. The zero-order valence-corrected chi connectivity index (χ0v) is 8.45. The van der Waals surface area contributed by atoms with Crippen LogP contribution in [0, 0.1) is 11.3 Å². The molecule has 0 unspecified atom stereocenters. The van der Waals surface area contributed by atoms with E-state index in [0.717, 1.165) is 22.6 Å². The minimum Gasteiger partial charge on any atom is -0.488 e. The number of H-pyrrole nitrogens is 1. The second-order valence-corrected chi connectivity index (χ2v) is 3.66. The lowest BCUT2D eigenvalue weighted by atomic mass is 10.0. The van der Waals surface area contributed by atoms with E-state index in [1.165, 1.54) is 0 Å². The van der Waals surface area contributed by atoms with Crippen LogP contribution in [-0.2, 0) is 6.61 Å². The lowest BCUT2D eigenvalue weighted by Crippen LogP contribution is -2.04. The number of hydrogen-bond acceptors (Lipinski definition) is 3. The smallest absolute Gasteiger partial charge is 0.129 e. The second kappa shape index (κ2) is 3.04. The van der Waals surface area contributed by atoms with Gasteiger partial charge in [-0.15, -0.1) is 0 Å². The molecular formula is C12H9N3O. The number of nitrogens with two attached hydrogens (primary N) is 1. The number of ether oxygens (including phenoxy) is 1. The quantitative estimate of drug-likeness (QED) is 0.700. The maximum atomic E-state index is 9.01. The SMILES string of the molecule is N#Cc1c(N)[nH]c2c1COc1ccccc1-2. The van der Waals surface area contributed by atoms with Crippen LogP contribution >= 0.6 is 0 Å². The molecule has 2 heterocycles. The molecule has 0 amide bonds. The number of nitrogens with zero attached hydrogens (tertiary/aromatic N) is 1. The van der Waals surface area contributed by atoms with E-state index >= 15 is 0 Å². The molecular weight excluding hydrogens is 202 g/mol. The summed E-state index contributed by atoms with van der Waals surface area (Å²) in [7, 11) is 0. The highest BCUT2D eigenvalue weighted by atomic mass is 16.5. The van der Waals surface area contributed by atoms with Crippen LogP contribution in [0.3, 0.4) is 0 Å². The number of fused-ring (bicyclic) bond motifs is 3. The maximum Gasteiger partial charge on any atom is 0.129 e. The molecule has 4 heteroatoms. The second-order valence-electron chi connectivity index (χ2n) is 3.66. The Kier molecular flexibility index (Phi) is 1.68. The van der Waals surface area contributed by atoms with Gasteiger partial charge in [-0.3, -0.25) is 0 Å². The van der Waals surface area contributed by atoms with Crippen LogP contribution in [0.5, 0.6) is 5.75 Å². The zero-order valence-electron chi connectivity index (χ0n) is 8.45. The Morgan fingerprint density at radius 1 is 1.38 bits per heavy atom. The van der Waals surface area contributed by atoms with E-state index in [-0.39, 0.29) is 0 Å². The molecule has 0 spiro atoms. The topological polar surface area (TPSA) is 74.8 Å². The van der Waals surface area contributed by atoms with Crippen LogP contribution in [0.25, 0.3) is 11.3 Å². The van der Waals surface area contributed by atoms with Gasteiger partial charge in [0.15, 0.2) is 0 Å². The van der Waals surface area contributed by atoms with Crippen LogP contribution in [-0.4, -0.2) is 4.98 Å². The van der Waals surface area contributed by atoms with Gasteiger partial charge in [0.25, 0.3) is 0 Å². The number of nitrogens with one attached hydrogen (secondary N) is 1. The fraction of sp³-hybridized carbons (Fsp3) is 0.0833. The minimum atomic E-state index is 0.392. The van der Waals surface area contributed by atoms with Crippen molar-refractivity contribution in [1.82, 2.24) is 4.98 Å². The molecule has 4 nitrogen and oxygen atoms in total. The number of nitriles is 1. The average molecular weight is 211 g/mol. The molecule has 0 fully saturated rings. The number of anilines is 1. The van der Waals surface area contributed by atoms with Gasteiger partial charge >= 0.3 is 0 Å². The van der Waals surface area contributed by atoms with Gasteiger partial charge in [-0.25, -0.2) is 0 Å². The molecule has 16 heavy (non-hydrogen) atoms. The first-order chi connectivity index (χ1) is 7.81. The molecule has 1 aromatic carbocycles. The van der Waals surface area contributed by atoms with E-state index in [4.69, 9.17) is 15.7 Å². The molecule has 3 rings (SSSR count). The number of nitrogen functional groups attached to an aromatic ring is 1. The van der Waals surface area contributed by atoms with E-state index in [1.54, 1.807) is 0 Å². The van der Waals surface area contributed by atoms with Crippen molar-refractivity contribution in [1.29, 1.82) is 5.26 Å². The molecule has 78 valence electrons. The van der Waals surface area contributed by atoms with Crippen LogP contribution in [0.2, 0.25) is 0 Å². The Bertz CT molecular complexity index is 607. The van der Waals surface area contributed by atoms with Gasteiger partial charge in [0.1, 0.15) is 29.8 Å². The summed E-state index contributed by atoms with van der Waals surface area (Å²) >= 11 is 0. The Balaban J connectivity index is 2.31. The Labute approximate surface area is 92.3 Å². The molecule has 0 saturated heterocycles. The number of rotatable bonds is 0. The first-order valence-electron chi connectivity index (χ1n) is 4.94. The molecule has 0 bridgehead atoms. The van der Waals surface area contributed by atoms with Crippen molar-refractivity contribution in [2.75, 3.05) is 5.73 Å². The number of aromatic amines is 1. The van der Waals surface area contributed by atoms with Crippen molar-refractivity contribution < 1.29 is 4.74 Å². The van der Waals surface area contributed by atoms with Gasteiger partial charge in [0.05, 0.1) is 5.69 Å². The first-order valence-corrected chi connectivity index (χ1v) is 4.94. The summed E-state index contributed by atoms with van der Waals surface area (Å²) in [4.78, 5) is 3.05. The van der Waals surface area contributed by atoms with Gasteiger partial charge in [-0.1, -0.05) is 12.1 Å². The first kappa shape index (κ1) is 8.86. The van der Waals surface area contributed by atoms with Crippen molar-refractivity contribution in [2.45, 2.75) is 6.61 Å². The molecule has 1 aliphatic rings. The molecule has 0 radical (unpaired) electrons. The Morgan fingerprint density at radius 2 is 2.19 bits per heavy atom. The van der Waals surface area contributed by atoms with Gasteiger partial charge in [-0.2, -0.15) is 5.26 Å². The van der Waals surface area contributed by atoms with Crippen molar-refractivity contribution in [3.8, 4) is 23.1 Å². The summed E-state index contributed by atoms with van der Waals surface area (Å²) in [5, 5.41) is 9.01. The third-order valence-electron chi connectivity index (χ3n) is 2.77. The number of aromatic nitrogens is 1. The normalized spacial score (nSPS) is 12.2. The molecule has 3 N–H and O–H groups in total. The van der Waals surface area contributed by atoms with Crippen LogP contribution in [0.1, 0.15) is 11.1 Å². The van der Waals surface area contributed by atoms with Crippen LogP contribution < -0.4 is 10.5 Å². The summed E-state index contributed by atoms with van der Waals surface area (Å²) in [5.41, 5.74) is 8.95. The minimum absolute atomic E-state index is 0.392. The highest BCUT2D eigenvalue weighted by Gasteiger charge is 2.23. The Hall–Kier alpha value is -2.41. The van der Waals surface area contributed by atoms with Gasteiger partial charge < -0.3 is 15.5 Å². The van der Waals surface area contributed by atoms with Gasteiger partial charge in [0.2, 0.25) is 0 Å². The lowest BCUT2D eigenvalue weighted by molar-refractivity contribution is 0.302. The predicted molar refractivity (Wildman–Crippen MR) is 59.7 cm³/mol. The van der Waals surface area contributed by atoms with E-state index in [1.807, 2.05) is 24.3 Å². The average Bonchev–Trinajstić information content (AvgIpc) is 2.65. The Morgan fingerprint density at radius 3 is 3.00 bits per heavy atom. The van der Waals surface area contributed by atoms with Crippen molar-refractivity contribution in [3.05, 3.63) is 35.4 Å². The summed E-state index contributed by atoms with van der Waals surface area (Å²) < 4.78 is 5.58. The lowest BCUT2D eigenvalue weighted by Gasteiger charge is -2.17. The van der Waals surface area contributed by atoms with Gasteiger partial charge in [-0.05, 0) is 12.1 Å². The standard InChI is InChI=1S/C12H9N3O/c13-5-8-9-6-16-10-4-2-1-3-7(10)11(9)15-12(8)14/h1-4,15H,6,14H2. The van der Waals surface area contributed by atoms with Crippen LogP contribution in [0.4, 0.5) is 5.82 Å². The molecule has 1 aromatic heterocycles. The highest BCUT2D eigenvalue weighted by molar-refractivity contribution is 5.78. The zero-order chi connectivity index (χ0) is 11.1.